The lowest BCUT2D eigenvalue weighted by Gasteiger charge is -2.10. The normalized spacial score (nSPS) is 12.4. The molecule has 14 heavy (non-hydrogen) atoms. The highest BCUT2D eigenvalue weighted by Crippen LogP contribution is 2.05. The second-order valence-corrected chi connectivity index (χ2v) is 4.06. The van der Waals surface area contributed by atoms with Gasteiger partial charge in [-0.2, -0.15) is 0 Å². The van der Waals surface area contributed by atoms with E-state index in [1.54, 1.807) is 0 Å². The first-order chi connectivity index (χ1) is 6.47. The summed E-state index contributed by atoms with van der Waals surface area (Å²) >= 11 is 0. The van der Waals surface area contributed by atoms with Crippen molar-refractivity contribution in [2.24, 2.45) is 0 Å². The van der Waals surface area contributed by atoms with Crippen molar-refractivity contribution in [1.82, 2.24) is 5.32 Å². The van der Waals surface area contributed by atoms with Gasteiger partial charge in [-0.15, -0.1) is 0 Å². The molecule has 0 rings (SSSR count). The molecule has 0 aromatic heterocycles. The van der Waals surface area contributed by atoms with Crippen LogP contribution in [-0.4, -0.2) is 6.04 Å². The lowest BCUT2D eigenvalue weighted by molar-refractivity contribution is 0.680. The van der Waals surface area contributed by atoms with Crippen molar-refractivity contribution in [3.8, 4) is 0 Å². The van der Waals surface area contributed by atoms with Crippen LogP contribution in [0.2, 0.25) is 0 Å². The van der Waals surface area contributed by atoms with E-state index in [1.807, 2.05) is 6.92 Å². The van der Waals surface area contributed by atoms with Crippen LogP contribution in [-0.2, 0) is 0 Å². The van der Waals surface area contributed by atoms with Crippen molar-refractivity contribution in [2.75, 3.05) is 0 Å². The summed E-state index contributed by atoms with van der Waals surface area (Å²) in [6.45, 7) is 12.7. The smallest absolute Gasteiger partial charge is 0.0298 e. The van der Waals surface area contributed by atoms with Gasteiger partial charge in [-0.1, -0.05) is 23.3 Å². The molecule has 0 aromatic rings. The van der Waals surface area contributed by atoms with E-state index in [-0.39, 0.29) is 0 Å². The van der Waals surface area contributed by atoms with Crippen LogP contribution < -0.4 is 5.32 Å². The lowest BCUT2D eigenvalue weighted by Crippen LogP contribution is -2.20. The number of rotatable bonds is 4. The fourth-order valence-corrected chi connectivity index (χ4v) is 0.942. The quantitative estimate of drug-likeness (QED) is 0.670. The Labute approximate surface area is 88.6 Å². The third-order valence-corrected chi connectivity index (χ3v) is 2.07. The zero-order chi connectivity index (χ0) is 11.1. The highest BCUT2D eigenvalue weighted by atomic mass is 14.9. The zero-order valence-electron chi connectivity index (χ0n) is 10.3. The second kappa shape index (κ2) is 6.47. The molecular formula is C13H23N. The first-order valence-corrected chi connectivity index (χ1v) is 5.22. The van der Waals surface area contributed by atoms with Gasteiger partial charge >= 0.3 is 0 Å². The summed E-state index contributed by atoms with van der Waals surface area (Å²) in [5, 5.41) is 3.38. The summed E-state index contributed by atoms with van der Waals surface area (Å²) in [4.78, 5) is 0. The molecule has 1 heteroatoms. The van der Waals surface area contributed by atoms with Crippen LogP contribution in [0.4, 0.5) is 0 Å². The third-order valence-electron chi connectivity index (χ3n) is 2.07. The van der Waals surface area contributed by atoms with Crippen LogP contribution in [0.25, 0.3) is 0 Å². The van der Waals surface area contributed by atoms with E-state index in [4.69, 9.17) is 0 Å². The molecule has 0 amide bonds. The van der Waals surface area contributed by atoms with Crippen LogP contribution >= 0.6 is 0 Å². The lowest BCUT2D eigenvalue weighted by atomic mass is 10.1. The number of allylic oxidation sites excluding steroid dienone is 5. The maximum absolute atomic E-state index is 3.38. The first-order valence-electron chi connectivity index (χ1n) is 5.22. The number of nitrogens with one attached hydrogen (secondary N) is 1. The molecule has 1 nitrogen and oxygen atoms in total. The van der Waals surface area contributed by atoms with E-state index in [9.17, 15) is 0 Å². The van der Waals surface area contributed by atoms with Crippen LogP contribution in [0, 0.1) is 0 Å². The molecule has 0 saturated heterocycles. The van der Waals surface area contributed by atoms with Gasteiger partial charge in [-0.05, 0) is 47.6 Å². The fraction of sp³-hybridized carbons (Fsp3) is 0.538. The zero-order valence-corrected chi connectivity index (χ0v) is 10.3. The molecular weight excluding hydrogens is 170 g/mol. The van der Waals surface area contributed by atoms with Gasteiger partial charge in [-0.25, -0.2) is 0 Å². The Morgan fingerprint density at radius 2 is 1.64 bits per heavy atom. The highest BCUT2D eigenvalue weighted by molar-refractivity contribution is 5.28. The minimum atomic E-state index is 0.484. The Hall–Kier alpha value is -0.980. The summed E-state index contributed by atoms with van der Waals surface area (Å²) in [5.41, 5.74) is 3.87. The summed E-state index contributed by atoms with van der Waals surface area (Å²) in [6.07, 6.45) is 6.37. The Bertz CT molecular complexity index is 250. The van der Waals surface area contributed by atoms with Gasteiger partial charge in [0.2, 0.25) is 0 Å². The summed E-state index contributed by atoms with van der Waals surface area (Å²) in [7, 11) is 0. The average Bonchev–Trinajstić information content (AvgIpc) is 2.10. The monoisotopic (exact) mass is 193 g/mol. The van der Waals surface area contributed by atoms with Crippen molar-refractivity contribution < 1.29 is 0 Å². The molecule has 0 heterocycles. The molecule has 0 bridgehead atoms. The molecule has 80 valence electrons. The maximum atomic E-state index is 3.38. The van der Waals surface area contributed by atoms with Crippen molar-refractivity contribution in [2.45, 2.75) is 47.6 Å². The highest BCUT2D eigenvalue weighted by Gasteiger charge is 1.93. The number of hydrogen-bond donors (Lipinski definition) is 1. The molecule has 0 aliphatic heterocycles. The summed E-state index contributed by atoms with van der Waals surface area (Å²) < 4.78 is 0. The van der Waals surface area contributed by atoms with E-state index in [0.29, 0.717) is 6.04 Å². The van der Waals surface area contributed by atoms with Crippen LogP contribution in [0.1, 0.15) is 41.5 Å². The van der Waals surface area contributed by atoms with Crippen LogP contribution in [0.3, 0.4) is 0 Å². The Morgan fingerprint density at radius 3 is 2.00 bits per heavy atom. The standard InChI is InChI=1S/C13H23N/c1-7-13(14-11(4)5)9-8-12(6)10(2)3/h7-9,11,14H,1-6H3/b9-8-,13-7+. The summed E-state index contributed by atoms with van der Waals surface area (Å²) in [5.74, 6) is 0. The average molecular weight is 193 g/mol. The second-order valence-electron chi connectivity index (χ2n) is 4.06. The van der Waals surface area contributed by atoms with Gasteiger partial charge in [-0.3, -0.25) is 0 Å². The van der Waals surface area contributed by atoms with E-state index >= 15 is 0 Å². The van der Waals surface area contributed by atoms with Crippen molar-refractivity contribution in [1.29, 1.82) is 0 Å². The van der Waals surface area contributed by atoms with Gasteiger partial charge in [0.1, 0.15) is 0 Å². The van der Waals surface area contributed by atoms with E-state index in [1.165, 1.54) is 16.8 Å². The fourth-order valence-electron chi connectivity index (χ4n) is 0.942. The first kappa shape index (κ1) is 13.0. The van der Waals surface area contributed by atoms with Crippen molar-refractivity contribution in [3.05, 3.63) is 35.1 Å². The van der Waals surface area contributed by atoms with E-state index in [2.05, 4.69) is 58.2 Å². The third kappa shape index (κ3) is 5.63. The van der Waals surface area contributed by atoms with Gasteiger partial charge in [0.25, 0.3) is 0 Å². The van der Waals surface area contributed by atoms with Crippen LogP contribution in [0.15, 0.2) is 35.1 Å². The Kier molecular flexibility index (Phi) is 6.02. The molecule has 0 aliphatic rings. The van der Waals surface area contributed by atoms with Gasteiger partial charge in [0, 0.05) is 11.7 Å². The molecule has 0 saturated carbocycles. The van der Waals surface area contributed by atoms with Gasteiger partial charge in [0.05, 0.1) is 0 Å². The Balaban J connectivity index is 4.42. The predicted molar refractivity (Wildman–Crippen MR) is 65.2 cm³/mol. The minimum Gasteiger partial charge on any atom is -0.383 e. The van der Waals surface area contributed by atoms with Crippen molar-refractivity contribution in [3.63, 3.8) is 0 Å². The van der Waals surface area contributed by atoms with E-state index < -0.39 is 0 Å². The topological polar surface area (TPSA) is 12.0 Å². The predicted octanol–water partition coefficient (Wildman–Crippen LogP) is 3.80. The molecule has 0 unspecified atom stereocenters. The minimum absolute atomic E-state index is 0.484. The molecule has 1 N–H and O–H groups in total. The Morgan fingerprint density at radius 1 is 1.07 bits per heavy atom. The SMILES string of the molecule is C/C=C(\C=C/C(C)=C(C)C)NC(C)C. The van der Waals surface area contributed by atoms with Crippen molar-refractivity contribution >= 4 is 0 Å². The molecule has 0 spiro atoms. The van der Waals surface area contributed by atoms with Gasteiger partial charge < -0.3 is 5.32 Å². The molecule has 0 aliphatic carbocycles. The maximum Gasteiger partial charge on any atom is 0.0298 e. The van der Waals surface area contributed by atoms with E-state index in [0.717, 1.165) is 0 Å². The molecule has 0 fully saturated rings. The molecule has 0 radical (unpaired) electrons. The molecule has 0 atom stereocenters. The van der Waals surface area contributed by atoms with Crippen LogP contribution in [0.5, 0.6) is 0 Å². The summed E-state index contributed by atoms with van der Waals surface area (Å²) in [6, 6.07) is 0.484. The molecule has 0 aromatic carbocycles. The van der Waals surface area contributed by atoms with Gasteiger partial charge in [0.15, 0.2) is 0 Å². The largest absolute Gasteiger partial charge is 0.383 e. The number of hydrogen-bond acceptors (Lipinski definition) is 1.